The van der Waals surface area contributed by atoms with E-state index in [-0.39, 0.29) is 18.6 Å². The van der Waals surface area contributed by atoms with Gasteiger partial charge in [-0.3, -0.25) is 9.59 Å². The zero-order chi connectivity index (χ0) is 24.0. The van der Waals surface area contributed by atoms with Crippen molar-refractivity contribution in [2.45, 2.75) is 31.0 Å². The van der Waals surface area contributed by atoms with Gasteiger partial charge in [0.25, 0.3) is 0 Å². The lowest BCUT2D eigenvalue weighted by atomic mass is 10.0. The fourth-order valence-electron chi connectivity index (χ4n) is 3.44. The summed E-state index contributed by atoms with van der Waals surface area (Å²) in [4.78, 5) is 39.9. The van der Waals surface area contributed by atoms with Crippen LogP contribution in [-0.2, 0) is 27.2 Å². The first-order valence-electron chi connectivity index (χ1n) is 10.3. The number of aromatic nitrogens is 1. The van der Waals surface area contributed by atoms with E-state index in [0.717, 1.165) is 16.5 Å². The largest absolute Gasteiger partial charge is 0.508 e. The molecule has 3 atom stereocenters. The minimum absolute atomic E-state index is 0.0232. The number of aliphatic hydroxyl groups is 1. The maximum atomic E-state index is 12.8. The Labute approximate surface area is 189 Å². The van der Waals surface area contributed by atoms with Gasteiger partial charge in [-0.05, 0) is 35.7 Å². The van der Waals surface area contributed by atoms with Crippen LogP contribution < -0.4 is 16.4 Å². The van der Waals surface area contributed by atoms with E-state index in [1.54, 1.807) is 18.3 Å². The number of nitrogens with one attached hydrogen (secondary N) is 3. The zero-order valence-electron chi connectivity index (χ0n) is 17.7. The summed E-state index contributed by atoms with van der Waals surface area (Å²) in [5, 5.41) is 33.5. The molecule has 2 amide bonds. The molecule has 0 bridgehead atoms. The molecule has 1 heterocycles. The summed E-state index contributed by atoms with van der Waals surface area (Å²) >= 11 is 0. The smallest absolute Gasteiger partial charge is 0.328 e. The van der Waals surface area contributed by atoms with Crippen molar-refractivity contribution >= 4 is 28.7 Å². The second kappa shape index (κ2) is 10.6. The maximum Gasteiger partial charge on any atom is 0.328 e. The molecule has 3 rings (SSSR count). The van der Waals surface area contributed by atoms with E-state index in [1.807, 2.05) is 24.3 Å². The van der Waals surface area contributed by atoms with Crippen LogP contribution in [0.2, 0.25) is 0 Å². The van der Waals surface area contributed by atoms with Gasteiger partial charge in [0.05, 0.1) is 12.6 Å². The van der Waals surface area contributed by atoms with Crippen molar-refractivity contribution in [3.05, 3.63) is 65.9 Å². The molecule has 0 fully saturated rings. The summed E-state index contributed by atoms with van der Waals surface area (Å²) in [6.45, 7) is -0.805. The predicted molar refractivity (Wildman–Crippen MR) is 120 cm³/mol. The maximum absolute atomic E-state index is 12.8. The number of aromatic amines is 1. The molecular formula is C23H26N4O6. The highest BCUT2D eigenvalue weighted by Crippen LogP contribution is 2.19. The van der Waals surface area contributed by atoms with Gasteiger partial charge < -0.3 is 36.7 Å². The van der Waals surface area contributed by atoms with Crippen LogP contribution in [-0.4, -0.2) is 62.8 Å². The van der Waals surface area contributed by atoms with Crippen molar-refractivity contribution in [3.8, 4) is 5.75 Å². The number of carbonyl (C=O) groups is 3. The summed E-state index contributed by atoms with van der Waals surface area (Å²) in [5.41, 5.74) is 8.49. The molecule has 3 unspecified atom stereocenters. The lowest BCUT2D eigenvalue weighted by Crippen LogP contribution is -2.56. The van der Waals surface area contributed by atoms with Crippen molar-refractivity contribution in [1.29, 1.82) is 0 Å². The monoisotopic (exact) mass is 454 g/mol. The number of hydrogen-bond acceptors (Lipinski definition) is 6. The highest BCUT2D eigenvalue weighted by molar-refractivity contribution is 5.92. The number of carboxylic acid groups (broad SMARTS) is 1. The normalized spacial score (nSPS) is 13.8. The molecule has 0 saturated carbocycles. The number of hydrogen-bond donors (Lipinski definition) is 7. The molecular weight excluding hydrogens is 428 g/mol. The Morgan fingerprint density at radius 1 is 0.939 bits per heavy atom. The molecule has 0 aliphatic heterocycles. The average Bonchev–Trinajstić information content (AvgIpc) is 3.20. The number of carboxylic acids is 1. The van der Waals surface area contributed by atoms with Crippen LogP contribution in [0.25, 0.3) is 10.9 Å². The molecule has 3 aromatic rings. The van der Waals surface area contributed by atoms with Crippen molar-refractivity contribution in [1.82, 2.24) is 15.6 Å². The van der Waals surface area contributed by atoms with E-state index in [1.165, 1.54) is 12.1 Å². The third kappa shape index (κ3) is 6.09. The minimum Gasteiger partial charge on any atom is -0.508 e. The molecule has 2 aromatic carbocycles. The molecule has 10 heteroatoms. The lowest BCUT2D eigenvalue weighted by molar-refractivity contribution is -0.143. The third-order valence-electron chi connectivity index (χ3n) is 5.26. The van der Waals surface area contributed by atoms with Crippen LogP contribution in [0.5, 0.6) is 5.75 Å². The summed E-state index contributed by atoms with van der Waals surface area (Å²) in [6.07, 6.45) is 2.02. The molecule has 8 N–H and O–H groups in total. The Hall–Kier alpha value is -3.89. The first-order chi connectivity index (χ1) is 15.8. The second-order valence-corrected chi connectivity index (χ2v) is 7.68. The fourth-order valence-corrected chi connectivity index (χ4v) is 3.44. The molecule has 10 nitrogen and oxygen atoms in total. The van der Waals surface area contributed by atoms with Gasteiger partial charge in [0.2, 0.25) is 11.8 Å². The van der Waals surface area contributed by atoms with E-state index in [9.17, 15) is 24.6 Å². The quantitative estimate of drug-likeness (QED) is 0.226. The molecule has 1 aromatic heterocycles. The average molecular weight is 454 g/mol. The van der Waals surface area contributed by atoms with Gasteiger partial charge in [0, 0.05) is 23.5 Å². The number of rotatable bonds is 10. The highest BCUT2D eigenvalue weighted by Gasteiger charge is 2.28. The fraction of sp³-hybridized carbons (Fsp3) is 0.261. The Morgan fingerprint density at radius 3 is 2.27 bits per heavy atom. The standard InChI is InChI=1S/C23H26N4O6/c24-17(10-14-11-25-18-4-2-1-3-16(14)18)21(30)26-19(9-13-5-7-15(29)8-6-13)22(31)27-20(12-28)23(32)33/h1-8,11,17,19-20,25,28-29H,9-10,12,24H2,(H,26,30)(H,27,31)(H,32,33). The number of H-pyrrole nitrogens is 1. The second-order valence-electron chi connectivity index (χ2n) is 7.68. The molecule has 0 radical (unpaired) electrons. The number of phenolic OH excluding ortho intramolecular Hbond substituents is 1. The molecule has 0 aliphatic rings. The Kier molecular flexibility index (Phi) is 7.65. The van der Waals surface area contributed by atoms with Gasteiger partial charge in [-0.25, -0.2) is 4.79 Å². The summed E-state index contributed by atoms with van der Waals surface area (Å²) in [6, 6.07) is 9.97. The first-order valence-corrected chi connectivity index (χ1v) is 10.3. The van der Waals surface area contributed by atoms with Gasteiger partial charge in [-0.2, -0.15) is 0 Å². The Bertz CT molecular complexity index is 1130. The van der Waals surface area contributed by atoms with Crippen molar-refractivity contribution < 1.29 is 29.7 Å². The molecule has 0 spiro atoms. The SMILES string of the molecule is NC(Cc1c[nH]c2ccccc12)C(=O)NC(Cc1ccc(O)cc1)C(=O)NC(CO)C(=O)O. The number of amides is 2. The molecule has 174 valence electrons. The summed E-state index contributed by atoms with van der Waals surface area (Å²) in [7, 11) is 0. The predicted octanol–water partition coefficient (Wildman–Crippen LogP) is 0.0325. The minimum atomic E-state index is -1.52. The number of aromatic hydroxyl groups is 1. The number of fused-ring (bicyclic) bond motifs is 1. The van der Waals surface area contributed by atoms with Gasteiger partial charge in [0.15, 0.2) is 0 Å². The molecule has 0 aliphatic carbocycles. The van der Waals surface area contributed by atoms with Crippen molar-refractivity contribution in [2.75, 3.05) is 6.61 Å². The number of para-hydroxylation sites is 1. The van der Waals surface area contributed by atoms with Crippen LogP contribution in [0.1, 0.15) is 11.1 Å². The first kappa shape index (κ1) is 23.8. The number of carbonyl (C=O) groups excluding carboxylic acids is 2. The number of aliphatic carboxylic acids is 1. The van der Waals surface area contributed by atoms with E-state index < -0.39 is 42.5 Å². The van der Waals surface area contributed by atoms with Crippen LogP contribution in [0.4, 0.5) is 0 Å². The third-order valence-corrected chi connectivity index (χ3v) is 5.26. The number of benzene rings is 2. The summed E-state index contributed by atoms with van der Waals surface area (Å²) < 4.78 is 0. The summed E-state index contributed by atoms with van der Waals surface area (Å²) in [5.74, 6) is -2.74. The number of phenols is 1. The van der Waals surface area contributed by atoms with Crippen LogP contribution in [0.3, 0.4) is 0 Å². The highest BCUT2D eigenvalue weighted by atomic mass is 16.4. The Balaban J connectivity index is 1.74. The topological polar surface area (TPSA) is 178 Å². The lowest BCUT2D eigenvalue weighted by Gasteiger charge is -2.22. The van der Waals surface area contributed by atoms with Gasteiger partial charge in [0.1, 0.15) is 17.8 Å². The van der Waals surface area contributed by atoms with Gasteiger partial charge in [-0.1, -0.05) is 30.3 Å². The van der Waals surface area contributed by atoms with E-state index in [0.29, 0.717) is 5.56 Å². The van der Waals surface area contributed by atoms with E-state index in [4.69, 9.17) is 10.8 Å². The molecule has 0 saturated heterocycles. The van der Waals surface area contributed by atoms with Crippen LogP contribution >= 0.6 is 0 Å². The van der Waals surface area contributed by atoms with E-state index in [2.05, 4.69) is 15.6 Å². The van der Waals surface area contributed by atoms with Crippen LogP contribution in [0, 0.1) is 0 Å². The van der Waals surface area contributed by atoms with Crippen molar-refractivity contribution in [3.63, 3.8) is 0 Å². The van der Waals surface area contributed by atoms with Gasteiger partial charge in [-0.15, -0.1) is 0 Å². The van der Waals surface area contributed by atoms with E-state index >= 15 is 0 Å². The van der Waals surface area contributed by atoms with Crippen molar-refractivity contribution in [2.24, 2.45) is 5.73 Å². The number of aliphatic hydroxyl groups excluding tert-OH is 1. The number of nitrogens with two attached hydrogens (primary N) is 1. The van der Waals surface area contributed by atoms with Crippen LogP contribution in [0.15, 0.2) is 54.7 Å². The molecule has 33 heavy (non-hydrogen) atoms. The van der Waals surface area contributed by atoms with Gasteiger partial charge >= 0.3 is 5.97 Å². The Morgan fingerprint density at radius 2 is 1.61 bits per heavy atom. The zero-order valence-corrected chi connectivity index (χ0v) is 17.7.